The maximum absolute atomic E-state index is 12.7. The Bertz CT molecular complexity index is 1030. The van der Waals surface area contributed by atoms with Crippen molar-refractivity contribution in [3.8, 4) is 0 Å². The molecule has 14 nitrogen and oxygen atoms in total. The topological polar surface area (TPSA) is 194 Å². The van der Waals surface area contributed by atoms with E-state index in [-0.39, 0.29) is 21.0 Å². The first kappa shape index (κ1) is 24.4. The Morgan fingerprint density at radius 3 is 2.65 bits per heavy atom. The van der Waals surface area contributed by atoms with Crippen molar-refractivity contribution in [2.75, 3.05) is 24.9 Å². The van der Waals surface area contributed by atoms with Gasteiger partial charge in [0.15, 0.2) is 10.8 Å². The highest BCUT2D eigenvalue weighted by Gasteiger charge is 2.54. The van der Waals surface area contributed by atoms with Crippen molar-refractivity contribution in [2.45, 2.75) is 19.0 Å². The van der Waals surface area contributed by atoms with Crippen molar-refractivity contribution in [3.05, 3.63) is 11.1 Å². The van der Waals surface area contributed by atoms with Crippen LogP contribution in [0.15, 0.2) is 10.5 Å². The van der Waals surface area contributed by atoms with Crippen molar-refractivity contribution in [1.29, 1.82) is 0 Å². The number of amides is 3. The summed E-state index contributed by atoms with van der Waals surface area (Å²) in [6.07, 6.45) is 0. The minimum atomic E-state index is -4.95. The lowest BCUT2D eigenvalue weighted by Gasteiger charge is -2.43. The van der Waals surface area contributed by atoms with Gasteiger partial charge in [-0.15, -0.1) is 22.9 Å². The zero-order valence-corrected chi connectivity index (χ0v) is 18.3. The number of rotatable bonds is 9. The number of carbonyl (C=O) groups excluding carboxylic acids is 4. The van der Waals surface area contributed by atoms with E-state index in [1.165, 1.54) is 5.38 Å². The molecule has 170 valence electrons. The van der Waals surface area contributed by atoms with Gasteiger partial charge in [0, 0.05) is 12.3 Å². The molecular weight excluding hydrogens is 482 g/mol. The second-order valence-electron chi connectivity index (χ2n) is 5.78. The molecule has 2 unspecified atom stereocenters. The highest BCUT2D eigenvalue weighted by Crippen LogP contribution is 2.24. The number of ether oxygens (including phenoxy) is 1. The fraction of sp³-hybridized carbons (Fsp3) is 0.429. The van der Waals surface area contributed by atoms with Crippen LogP contribution in [0.5, 0.6) is 0 Å². The Kier molecular flexibility index (Phi) is 7.88. The summed E-state index contributed by atoms with van der Waals surface area (Å²) in [4.78, 5) is 55.8. The Hall–Kier alpha value is -2.82. The third-order valence-corrected chi connectivity index (χ3v) is 5.62. The summed E-state index contributed by atoms with van der Waals surface area (Å²) in [7, 11) is -3.80. The number of oxime groups is 1. The van der Waals surface area contributed by atoms with Crippen LogP contribution in [0.25, 0.3) is 0 Å². The van der Waals surface area contributed by atoms with E-state index in [4.69, 9.17) is 16.3 Å². The molecule has 0 radical (unpaired) electrons. The van der Waals surface area contributed by atoms with Crippen LogP contribution in [-0.4, -0.2) is 83.3 Å². The van der Waals surface area contributed by atoms with E-state index >= 15 is 0 Å². The van der Waals surface area contributed by atoms with Crippen molar-refractivity contribution >= 4 is 67.8 Å². The SMILES string of the molecule is CO/N=C(\C(=O)NC1C(=O)N(S(=O)(=O)O)C1COC(C)=O)c1csc(NC(=O)CCl)n1. The molecule has 3 N–H and O–H groups in total. The monoisotopic (exact) mass is 497 g/mol. The predicted molar refractivity (Wildman–Crippen MR) is 106 cm³/mol. The van der Waals surface area contributed by atoms with Crippen molar-refractivity contribution < 1.29 is 41.7 Å². The van der Waals surface area contributed by atoms with E-state index in [0.29, 0.717) is 0 Å². The maximum Gasteiger partial charge on any atom is 0.362 e. The number of carbonyl (C=O) groups is 4. The summed E-state index contributed by atoms with van der Waals surface area (Å²) in [6, 6.07) is -2.84. The van der Waals surface area contributed by atoms with E-state index < -0.39 is 58.4 Å². The normalized spacial score (nSPS) is 18.8. The first-order valence-electron chi connectivity index (χ1n) is 8.17. The molecule has 1 saturated heterocycles. The van der Waals surface area contributed by atoms with Gasteiger partial charge in [0.05, 0.1) is 0 Å². The molecule has 1 aliphatic heterocycles. The van der Waals surface area contributed by atoms with Crippen LogP contribution in [0.4, 0.5) is 5.13 Å². The molecule has 1 aromatic heterocycles. The molecule has 1 aromatic rings. The standard InChI is InChI=1S/C14H16ClN5O9S2/c1-6(21)29-4-8-11(13(24)20(8)31(25,26)27)18-12(23)10(19-28-2)7-5-30-14(16-7)17-9(22)3-15/h5,8,11H,3-4H2,1-2H3,(H,18,23)(H,16,17,22)(H,25,26,27)/b19-10-. The molecule has 0 bridgehead atoms. The zero-order valence-electron chi connectivity index (χ0n) is 15.9. The number of anilines is 1. The van der Waals surface area contributed by atoms with Crippen LogP contribution < -0.4 is 10.6 Å². The van der Waals surface area contributed by atoms with E-state index in [1.807, 2.05) is 0 Å². The second kappa shape index (κ2) is 9.99. The van der Waals surface area contributed by atoms with E-state index in [9.17, 15) is 32.1 Å². The lowest BCUT2D eigenvalue weighted by Crippen LogP contribution is -2.73. The molecule has 2 heterocycles. The lowest BCUT2D eigenvalue weighted by atomic mass is 9.99. The highest BCUT2D eigenvalue weighted by molar-refractivity contribution is 7.84. The van der Waals surface area contributed by atoms with Gasteiger partial charge in [0.1, 0.15) is 37.4 Å². The summed E-state index contributed by atoms with van der Waals surface area (Å²) < 4.78 is 36.8. The van der Waals surface area contributed by atoms with Crippen LogP contribution in [-0.2, 0) is 39.1 Å². The Balaban J connectivity index is 2.21. The molecule has 2 rings (SSSR count). The van der Waals surface area contributed by atoms with Crippen LogP contribution >= 0.6 is 22.9 Å². The van der Waals surface area contributed by atoms with Crippen LogP contribution in [0.3, 0.4) is 0 Å². The summed E-state index contributed by atoms with van der Waals surface area (Å²) in [6.45, 7) is 0.450. The number of β-lactam (4-membered cyclic amide) rings is 1. The summed E-state index contributed by atoms with van der Waals surface area (Å²) in [5.74, 6) is -3.75. The number of thiazole rings is 1. The van der Waals surface area contributed by atoms with Crippen LogP contribution in [0, 0.1) is 0 Å². The highest BCUT2D eigenvalue weighted by atomic mass is 35.5. The number of hydrogen-bond donors (Lipinski definition) is 3. The summed E-state index contributed by atoms with van der Waals surface area (Å²) in [5, 5.41) is 9.64. The molecule has 31 heavy (non-hydrogen) atoms. The first-order valence-corrected chi connectivity index (χ1v) is 11.0. The number of halogens is 1. The van der Waals surface area contributed by atoms with Crippen molar-refractivity contribution in [1.82, 2.24) is 14.6 Å². The average molecular weight is 498 g/mol. The minimum absolute atomic E-state index is 0.0239. The predicted octanol–water partition coefficient (Wildman–Crippen LogP) is -1.27. The number of alkyl halides is 1. The molecule has 17 heteroatoms. The van der Waals surface area contributed by atoms with Gasteiger partial charge in [0.25, 0.3) is 11.8 Å². The number of hydrogen-bond acceptors (Lipinski definition) is 11. The minimum Gasteiger partial charge on any atom is -0.464 e. The Morgan fingerprint density at radius 2 is 2.10 bits per heavy atom. The fourth-order valence-electron chi connectivity index (χ4n) is 2.43. The molecule has 0 saturated carbocycles. The molecule has 0 aliphatic carbocycles. The van der Waals surface area contributed by atoms with Gasteiger partial charge in [0.2, 0.25) is 5.91 Å². The molecular formula is C14H16ClN5O9S2. The first-order chi connectivity index (χ1) is 14.5. The largest absolute Gasteiger partial charge is 0.464 e. The second-order valence-corrected chi connectivity index (χ2v) is 8.19. The molecule has 0 aromatic carbocycles. The van der Waals surface area contributed by atoms with E-state index in [0.717, 1.165) is 25.4 Å². The zero-order chi connectivity index (χ0) is 23.3. The van der Waals surface area contributed by atoms with Crippen LogP contribution in [0.2, 0.25) is 0 Å². The van der Waals surface area contributed by atoms with E-state index in [2.05, 4.69) is 25.6 Å². The van der Waals surface area contributed by atoms with Gasteiger partial charge in [-0.2, -0.15) is 8.42 Å². The Morgan fingerprint density at radius 1 is 1.42 bits per heavy atom. The van der Waals surface area contributed by atoms with Gasteiger partial charge >= 0.3 is 16.3 Å². The van der Waals surface area contributed by atoms with Crippen molar-refractivity contribution in [2.24, 2.45) is 5.16 Å². The summed E-state index contributed by atoms with van der Waals surface area (Å²) >= 11 is 6.35. The van der Waals surface area contributed by atoms with Gasteiger partial charge in [-0.05, 0) is 0 Å². The van der Waals surface area contributed by atoms with Gasteiger partial charge in [-0.3, -0.25) is 23.7 Å². The molecule has 1 fully saturated rings. The number of aromatic nitrogens is 1. The van der Waals surface area contributed by atoms with Gasteiger partial charge in [-0.25, -0.2) is 9.29 Å². The average Bonchev–Trinajstić information content (AvgIpc) is 3.13. The number of nitrogens with one attached hydrogen (secondary N) is 2. The molecule has 3 amide bonds. The molecule has 1 aliphatic rings. The smallest absolute Gasteiger partial charge is 0.362 e. The number of esters is 1. The van der Waals surface area contributed by atoms with Crippen molar-refractivity contribution in [3.63, 3.8) is 0 Å². The van der Waals surface area contributed by atoms with Gasteiger partial charge in [-0.1, -0.05) is 5.16 Å². The maximum atomic E-state index is 12.7. The molecule has 0 spiro atoms. The third kappa shape index (κ3) is 5.87. The number of nitrogens with zero attached hydrogens (tertiary/aromatic N) is 3. The Labute approximate surface area is 184 Å². The molecule has 2 atom stereocenters. The quantitative estimate of drug-likeness (QED) is 0.0924. The summed E-state index contributed by atoms with van der Waals surface area (Å²) in [5.41, 5.74) is -0.418. The fourth-order valence-corrected chi connectivity index (χ4v) is 4.07. The van der Waals surface area contributed by atoms with E-state index in [1.54, 1.807) is 0 Å². The van der Waals surface area contributed by atoms with Gasteiger partial charge < -0.3 is 20.2 Å². The van der Waals surface area contributed by atoms with Crippen LogP contribution in [0.1, 0.15) is 12.6 Å². The lowest BCUT2D eigenvalue weighted by molar-refractivity contribution is -0.154. The third-order valence-electron chi connectivity index (χ3n) is 3.67.